The number of carbonyl (C=O) groups is 2. The molecule has 0 saturated carbocycles. The molecular weight excluding hydrogens is 330 g/mol. The second-order valence-corrected chi connectivity index (χ2v) is 5.95. The molecule has 0 saturated heterocycles. The molecule has 2 amide bonds. The first-order valence-electron chi connectivity index (χ1n) is 7.31. The molecule has 0 N–H and O–H groups in total. The standard InChI is InChI=1S/C17H20ClN3O3/c1-19(2)16(22)11-20(3)17(23)12-9-13(18)14(10-15(12)24-4)21-7-5-6-8-21/h5-10H,11H2,1-4H3. The zero-order valence-electron chi connectivity index (χ0n) is 14.1. The third-order valence-corrected chi connectivity index (χ3v) is 3.90. The fraction of sp³-hybridized carbons (Fsp3) is 0.294. The first kappa shape index (κ1) is 17.9. The van der Waals surface area contributed by atoms with Crippen LogP contribution in [0.3, 0.4) is 0 Å². The SMILES string of the molecule is COc1cc(-n2cccc2)c(Cl)cc1C(=O)N(C)CC(=O)N(C)C. The summed E-state index contributed by atoms with van der Waals surface area (Å²) >= 11 is 6.33. The molecule has 24 heavy (non-hydrogen) atoms. The summed E-state index contributed by atoms with van der Waals surface area (Å²) in [4.78, 5) is 27.2. The topological polar surface area (TPSA) is 54.8 Å². The Morgan fingerprint density at radius 2 is 1.79 bits per heavy atom. The highest BCUT2D eigenvalue weighted by Gasteiger charge is 2.21. The Bertz CT molecular complexity index is 742. The summed E-state index contributed by atoms with van der Waals surface area (Å²) in [5.41, 5.74) is 1.02. The second-order valence-electron chi connectivity index (χ2n) is 5.54. The van der Waals surface area contributed by atoms with Crippen molar-refractivity contribution in [2.24, 2.45) is 0 Å². The zero-order chi connectivity index (χ0) is 17.9. The van der Waals surface area contributed by atoms with Gasteiger partial charge in [-0.2, -0.15) is 0 Å². The molecule has 0 atom stereocenters. The monoisotopic (exact) mass is 349 g/mol. The van der Waals surface area contributed by atoms with Crippen molar-refractivity contribution < 1.29 is 14.3 Å². The Hall–Kier alpha value is -2.47. The van der Waals surface area contributed by atoms with E-state index in [0.29, 0.717) is 22.0 Å². The van der Waals surface area contributed by atoms with Crippen molar-refractivity contribution in [1.29, 1.82) is 0 Å². The molecule has 0 bridgehead atoms. The van der Waals surface area contributed by atoms with Crippen LogP contribution in [0.25, 0.3) is 5.69 Å². The molecule has 2 aromatic rings. The molecule has 2 rings (SSSR count). The van der Waals surface area contributed by atoms with E-state index >= 15 is 0 Å². The fourth-order valence-electron chi connectivity index (χ4n) is 2.19. The summed E-state index contributed by atoms with van der Waals surface area (Å²) < 4.78 is 7.18. The molecule has 0 unspecified atom stereocenters. The van der Waals surface area contributed by atoms with E-state index in [1.54, 1.807) is 33.3 Å². The molecule has 0 aliphatic rings. The largest absolute Gasteiger partial charge is 0.496 e. The third-order valence-electron chi connectivity index (χ3n) is 3.60. The van der Waals surface area contributed by atoms with Crippen LogP contribution in [0.15, 0.2) is 36.7 Å². The first-order chi connectivity index (χ1) is 11.3. The number of aromatic nitrogens is 1. The van der Waals surface area contributed by atoms with E-state index in [9.17, 15) is 9.59 Å². The summed E-state index contributed by atoms with van der Waals surface area (Å²) in [6, 6.07) is 7.02. The van der Waals surface area contributed by atoms with Gasteiger partial charge in [0, 0.05) is 39.6 Å². The van der Waals surface area contributed by atoms with Crippen molar-refractivity contribution in [3.63, 3.8) is 0 Å². The predicted molar refractivity (Wildman–Crippen MR) is 93.0 cm³/mol. The van der Waals surface area contributed by atoms with Crippen LogP contribution < -0.4 is 4.74 Å². The van der Waals surface area contributed by atoms with Crippen LogP contribution in [0.4, 0.5) is 0 Å². The summed E-state index contributed by atoms with van der Waals surface area (Å²) in [5, 5.41) is 0.419. The average molecular weight is 350 g/mol. The Labute approximate surface area is 146 Å². The van der Waals surface area contributed by atoms with Gasteiger partial charge in [-0.25, -0.2) is 0 Å². The van der Waals surface area contributed by atoms with E-state index in [0.717, 1.165) is 0 Å². The normalized spacial score (nSPS) is 10.4. The van der Waals surface area contributed by atoms with Crippen molar-refractivity contribution >= 4 is 23.4 Å². The fourth-order valence-corrected chi connectivity index (χ4v) is 2.45. The van der Waals surface area contributed by atoms with Crippen LogP contribution in [0, 0.1) is 0 Å². The van der Waals surface area contributed by atoms with Crippen molar-refractivity contribution in [1.82, 2.24) is 14.4 Å². The van der Waals surface area contributed by atoms with Gasteiger partial charge in [0.15, 0.2) is 0 Å². The van der Waals surface area contributed by atoms with Crippen LogP contribution in [-0.4, -0.2) is 61.0 Å². The van der Waals surface area contributed by atoms with E-state index in [4.69, 9.17) is 16.3 Å². The number of rotatable bonds is 5. The molecule has 0 spiro atoms. The summed E-state index contributed by atoms with van der Waals surface area (Å²) in [7, 11) is 6.34. The van der Waals surface area contributed by atoms with E-state index < -0.39 is 0 Å². The zero-order valence-corrected chi connectivity index (χ0v) is 14.9. The summed E-state index contributed by atoms with van der Waals surface area (Å²) in [6.45, 7) is -0.0219. The molecule has 0 aliphatic heterocycles. The maximum absolute atomic E-state index is 12.6. The lowest BCUT2D eigenvalue weighted by Gasteiger charge is -2.21. The van der Waals surface area contributed by atoms with E-state index in [1.807, 2.05) is 29.1 Å². The van der Waals surface area contributed by atoms with Gasteiger partial charge in [0.25, 0.3) is 5.91 Å². The summed E-state index contributed by atoms with van der Waals surface area (Å²) in [6.07, 6.45) is 3.70. The van der Waals surface area contributed by atoms with Crippen LogP contribution in [0.1, 0.15) is 10.4 Å². The van der Waals surface area contributed by atoms with Gasteiger partial charge in [-0.05, 0) is 18.2 Å². The van der Waals surface area contributed by atoms with Gasteiger partial charge in [-0.1, -0.05) is 11.6 Å². The molecular formula is C17H20ClN3O3. The Balaban J connectivity index is 2.34. The number of nitrogens with zero attached hydrogens (tertiary/aromatic N) is 3. The smallest absolute Gasteiger partial charge is 0.257 e. The van der Waals surface area contributed by atoms with Gasteiger partial charge in [-0.3, -0.25) is 9.59 Å². The number of amides is 2. The molecule has 128 valence electrons. The minimum absolute atomic E-state index is 0.0219. The molecule has 6 nitrogen and oxygen atoms in total. The van der Waals surface area contributed by atoms with Crippen LogP contribution in [0.2, 0.25) is 5.02 Å². The summed E-state index contributed by atoms with van der Waals surface area (Å²) in [5.74, 6) is -0.0971. The van der Waals surface area contributed by atoms with Crippen LogP contribution in [-0.2, 0) is 4.79 Å². The van der Waals surface area contributed by atoms with Crippen molar-refractivity contribution in [3.8, 4) is 11.4 Å². The second kappa shape index (κ2) is 7.40. The predicted octanol–water partition coefficient (Wildman–Crippen LogP) is 2.30. The maximum Gasteiger partial charge on any atom is 0.257 e. The van der Waals surface area contributed by atoms with E-state index in [1.165, 1.54) is 16.9 Å². The number of hydrogen-bond acceptors (Lipinski definition) is 3. The van der Waals surface area contributed by atoms with Crippen molar-refractivity contribution in [3.05, 3.63) is 47.2 Å². The van der Waals surface area contributed by atoms with E-state index in [-0.39, 0.29) is 18.4 Å². The van der Waals surface area contributed by atoms with Gasteiger partial charge < -0.3 is 19.1 Å². The van der Waals surface area contributed by atoms with Gasteiger partial charge in [0.05, 0.1) is 29.9 Å². The number of benzene rings is 1. The van der Waals surface area contributed by atoms with Gasteiger partial charge in [0.1, 0.15) is 5.75 Å². The molecule has 1 aromatic carbocycles. The highest BCUT2D eigenvalue weighted by molar-refractivity contribution is 6.33. The number of methoxy groups -OCH3 is 1. The molecule has 1 aromatic heterocycles. The van der Waals surface area contributed by atoms with Gasteiger partial charge in [0.2, 0.25) is 5.91 Å². The third kappa shape index (κ3) is 3.71. The number of hydrogen-bond donors (Lipinski definition) is 0. The van der Waals surface area contributed by atoms with Crippen LogP contribution in [0.5, 0.6) is 5.75 Å². The quantitative estimate of drug-likeness (QED) is 0.832. The lowest BCUT2D eigenvalue weighted by molar-refractivity contribution is -0.129. The highest BCUT2D eigenvalue weighted by Crippen LogP contribution is 2.30. The number of likely N-dealkylation sites (N-methyl/N-ethyl adjacent to an activating group) is 2. The molecule has 0 fully saturated rings. The van der Waals surface area contributed by atoms with Crippen molar-refractivity contribution in [2.75, 3.05) is 34.8 Å². The molecule has 1 heterocycles. The molecule has 0 aliphatic carbocycles. The lowest BCUT2D eigenvalue weighted by atomic mass is 10.1. The van der Waals surface area contributed by atoms with Crippen molar-refractivity contribution in [2.45, 2.75) is 0 Å². The number of ether oxygens (including phenoxy) is 1. The molecule has 0 radical (unpaired) electrons. The highest BCUT2D eigenvalue weighted by atomic mass is 35.5. The van der Waals surface area contributed by atoms with E-state index in [2.05, 4.69) is 0 Å². The average Bonchev–Trinajstić information content (AvgIpc) is 3.07. The Kier molecular flexibility index (Phi) is 5.51. The van der Waals surface area contributed by atoms with Gasteiger partial charge >= 0.3 is 0 Å². The maximum atomic E-state index is 12.6. The first-order valence-corrected chi connectivity index (χ1v) is 7.69. The minimum Gasteiger partial charge on any atom is -0.496 e. The number of carbonyl (C=O) groups excluding carboxylic acids is 2. The lowest BCUT2D eigenvalue weighted by Crippen LogP contribution is -2.37. The van der Waals surface area contributed by atoms with Gasteiger partial charge in [-0.15, -0.1) is 0 Å². The van der Waals surface area contributed by atoms with Crippen LogP contribution >= 0.6 is 11.6 Å². The molecule has 7 heteroatoms. The Morgan fingerprint density at radius 3 is 2.33 bits per heavy atom. The number of halogens is 1. The Morgan fingerprint density at radius 1 is 1.17 bits per heavy atom. The minimum atomic E-state index is -0.331.